The van der Waals surface area contributed by atoms with E-state index >= 15 is 0 Å². The molecule has 29 heavy (non-hydrogen) atoms. The molecule has 4 rings (SSSR count). The fraction of sp³-hybridized carbons (Fsp3) is 0.190. The molecule has 0 aliphatic rings. The van der Waals surface area contributed by atoms with Gasteiger partial charge in [-0.05, 0) is 36.6 Å². The van der Waals surface area contributed by atoms with Crippen LogP contribution >= 0.6 is 34.5 Å². The molecular weight excluding hydrogens is 431 g/mol. The second-order valence-electron chi connectivity index (χ2n) is 6.47. The van der Waals surface area contributed by atoms with Gasteiger partial charge in [-0.3, -0.25) is 9.59 Å². The van der Waals surface area contributed by atoms with E-state index in [1.54, 1.807) is 19.1 Å². The van der Waals surface area contributed by atoms with Gasteiger partial charge in [0.15, 0.2) is 0 Å². The number of aromatic amines is 1. The van der Waals surface area contributed by atoms with E-state index in [0.717, 1.165) is 10.1 Å². The Bertz CT molecular complexity index is 1280. The highest BCUT2D eigenvalue weighted by molar-refractivity contribution is 7.18. The summed E-state index contributed by atoms with van der Waals surface area (Å²) in [6, 6.07) is 12.7. The summed E-state index contributed by atoms with van der Waals surface area (Å²) in [5.74, 6) is -1.24. The first kappa shape index (κ1) is 19.9. The molecule has 2 heterocycles. The van der Waals surface area contributed by atoms with E-state index in [9.17, 15) is 9.59 Å². The monoisotopic (exact) mass is 446 g/mol. The third-order valence-electron chi connectivity index (χ3n) is 4.60. The predicted molar refractivity (Wildman–Crippen MR) is 117 cm³/mol. The fourth-order valence-corrected chi connectivity index (χ4v) is 4.67. The number of nitrogens with zero attached hydrogens (tertiary/aromatic N) is 1. The Kier molecular flexibility index (Phi) is 5.58. The Hall–Kier alpha value is -2.41. The quantitative estimate of drug-likeness (QED) is 0.420. The van der Waals surface area contributed by atoms with Crippen molar-refractivity contribution in [1.29, 1.82) is 0 Å². The molecule has 148 valence electrons. The second kappa shape index (κ2) is 8.14. The maximum absolute atomic E-state index is 12.7. The Morgan fingerprint density at radius 2 is 2.03 bits per heavy atom. The van der Waals surface area contributed by atoms with Crippen LogP contribution in [0.5, 0.6) is 0 Å². The summed E-state index contributed by atoms with van der Waals surface area (Å²) in [6.07, 6.45) is 0.230. The minimum Gasteiger partial charge on any atom is -0.466 e. The number of H-pyrrole nitrogens is 1. The van der Waals surface area contributed by atoms with Crippen LogP contribution in [0.4, 0.5) is 0 Å². The largest absolute Gasteiger partial charge is 0.466 e. The molecule has 1 N–H and O–H groups in total. The Morgan fingerprint density at radius 1 is 1.24 bits per heavy atom. The maximum atomic E-state index is 12.7. The van der Waals surface area contributed by atoms with Gasteiger partial charge in [-0.25, -0.2) is 4.98 Å². The molecule has 8 heteroatoms. The molecule has 0 amide bonds. The van der Waals surface area contributed by atoms with Crippen LogP contribution < -0.4 is 5.56 Å². The van der Waals surface area contributed by atoms with Crippen molar-refractivity contribution < 1.29 is 9.53 Å². The van der Waals surface area contributed by atoms with E-state index in [1.165, 1.54) is 11.3 Å². The molecular formula is C21H16Cl2N2O3S. The van der Waals surface area contributed by atoms with E-state index in [4.69, 9.17) is 27.9 Å². The van der Waals surface area contributed by atoms with E-state index in [2.05, 4.69) is 9.97 Å². The van der Waals surface area contributed by atoms with Gasteiger partial charge in [0, 0.05) is 17.5 Å². The average Bonchev–Trinajstić information content (AvgIpc) is 3.12. The van der Waals surface area contributed by atoms with Crippen molar-refractivity contribution in [3.63, 3.8) is 0 Å². The van der Waals surface area contributed by atoms with Gasteiger partial charge in [-0.2, -0.15) is 0 Å². The summed E-state index contributed by atoms with van der Waals surface area (Å²) in [6.45, 7) is 1.96. The highest BCUT2D eigenvalue weighted by Crippen LogP contribution is 2.35. The maximum Gasteiger partial charge on any atom is 0.314 e. The number of carbonyl (C=O) groups is 1. The number of hydrogen-bond donors (Lipinski definition) is 1. The molecule has 1 unspecified atom stereocenters. The molecule has 0 saturated carbocycles. The van der Waals surface area contributed by atoms with Gasteiger partial charge in [0.25, 0.3) is 5.56 Å². The van der Waals surface area contributed by atoms with E-state index in [1.807, 2.05) is 30.3 Å². The lowest BCUT2D eigenvalue weighted by atomic mass is 9.96. The molecule has 0 fully saturated rings. The van der Waals surface area contributed by atoms with Crippen LogP contribution in [0.2, 0.25) is 10.0 Å². The van der Waals surface area contributed by atoms with Gasteiger partial charge in [0.05, 0.1) is 32.3 Å². The number of halogens is 2. The number of hydrogen-bond acceptors (Lipinski definition) is 5. The van der Waals surface area contributed by atoms with Crippen molar-refractivity contribution in [2.45, 2.75) is 19.3 Å². The number of pyridine rings is 1. The summed E-state index contributed by atoms with van der Waals surface area (Å²) in [5, 5.41) is 2.32. The first-order valence-corrected chi connectivity index (χ1v) is 10.6. The Balaban J connectivity index is 1.79. The summed E-state index contributed by atoms with van der Waals surface area (Å²) in [7, 11) is 0. The van der Waals surface area contributed by atoms with Gasteiger partial charge >= 0.3 is 5.97 Å². The number of carbonyl (C=O) groups excluding carboxylic acids is 1. The zero-order valence-electron chi connectivity index (χ0n) is 15.4. The number of ether oxygens (including phenoxy) is 1. The van der Waals surface area contributed by atoms with Crippen molar-refractivity contribution in [1.82, 2.24) is 9.97 Å². The lowest BCUT2D eigenvalue weighted by Gasteiger charge is -2.14. The summed E-state index contributed by atoms with van der Waals surface area (Å²) < 4.78 is 6.12. The molecule has 1 atom stereocenters. The third-order valence-corrected chi connectivity index (χ3v) is 6.44. The van der Waals surface area contributed by atoms with Gasteiger partial charge in [-0.1, -0.05) is 41.4 Å². The number of aromatic nitrogens is 2. The highest BCUT2D eigenvalue weighted by atomic mass is 35.5. The number of rotatable bonds is 5. The summed E-state index contributed by atoms with van der Waals surface area (Å²) >= 11 is 13.8. The molecule has 0 spiro atoms. The lowest BCUT2D eigenvalue weighted by Crippen LogP contribution is -2.25. The van der Waals surface area contributed by atoms with Crippen molar-refractivity contribution in [3.8, 4) is 0 Å². The minimum absolute atomic E-state index is 0.224. The summed E-state index contributed by atoms with van der Waals surface area (Å²) in [5.41, 5.74) is 1.34. The molecule has 0 radical (unpaired) electrons. The zero-order chi connectivity index (χ0) is 20.5. The van der Waals surface area contributed by atoms with E-state index in [-0.39, 0.29) is 18.6 Å². The minimum atomic E-state index is -0.780. The zero-order valence-corrected chi connectivity index (χ0v) is 17.7. The predicted octanol–water partition coefficient (Wildman–Crippen LogP) is 5.33. The molecule has 4 aromatic rings. The smallest absolute Gasteiger partial charge is 0.314 e. The lowest BCUT2D eigenvalue weighted by molar-refractivity contribution is -0.145. The Labute approximate surface area is 180 Å². The van der Waals surface area contributed by atoms with Crippen molar-refractivity contribution >= 4 is 61.6 Å². The first-order chi connectivity index (χ1) is 14.0. The summed E-state index contributed by atoms with van der Waals surface area (Å²) in [4.78, 5) is 32.9. The Morgan fingerprint density at radius 3 is 2.83 bits per heavy atom. The van der Waals surface area contributed by atoms with Crippen LogP contribution in [-0.4, -0.2) is 22.5 Å². The van der Waals surface area contributed by atoms with Crippen LogP contribution in [0.15, 0.2) is 47.3 Å². The van der Waals surface area contributed by atoms with Crippen molar-refractivity contribution in [2.75, 3.05) is 6.61 Å². The van der Waals surface area contributed by atoms with Crippen LogP contribution in [0, 0.1) is 0 Å². The third kappa shape index (κ3) is 3.88. The van der Waals surface area contributed by atoms with Crippen LogP contribution in [0.3, 0.4) is 0 Å². The van der Waals surface area contributed by atoms with Crippen molar-refractivity contribution in [3.05, 3.63) is 73.4 Å². The molecule has 2 aromatic carbocycles. The highest BCUT2D eigenvalue weighted by Gasteiger charge is 2.27. The van der Waals surface area contributed by atoms with Crippen LogP contribution in [0.25, 0.3) is 21.1 Å². The number of esters is 1. The second-order valence-corrected chi connectivity index (χ2v) is 8.37. The average molecular weight is 447 g/mol. The molecule has 0 saturated heterocycles. The van der Waals surface area contributed by atoms with Gasteiger partial charge < -0.3 is 9.72 Å². The van der Waals surface area contributed by atoms with Crippen LogP contribution in [-0.2, 0) is 16.0 Å². The number of nitrogens with one attached hydrogen (secondary N) is 1. The molecule has 0 aliphatic carbocycles. The van der Waals surface area contributed by atoms with Crippen molar-refractivity contribution in [2.24, 2.45) is 0 Å². The molecule has 0 bridgehead atoms. The van der Waals surface area contributed by atoms with Gasteiger partial charge in [-0.15, -0.1) is 11.3 Å². The molecule has 2 aromatic heterocycles. The van der Waals surface area contributed by atoms with Gasteiger partial charge in [0.2, 0.25) is 0 Å². The first-order valence-electron chi connectivity index (χ1n) is 9.00. The molecule has 5 nitrogen and oxygen atoms in total. The van der Waals surface area contributed by atoms with E-state index < -0.39 is 11.9 Å². The number of para-hydroxylation sites is 1. The normalized spacial score (nSPS) is 12.4. The van der Waals surface area contributed by atoms with E-state index in [0.29, 0.717) is 31.6 Å². The number of fused-ring (bicyclic) bond motifs is 2. The SMILES string of the molecule is CCOC(=O)C(Cc1nc2c(Cl)c(Cl)ccc2s1)c1cc2ccccc2[nH]c1=O. The van der Waals surface area contributed by atoms with Crippen LogP contribution in [0.1, 0.15) is 23.4 Å². The van der Waals surface area contributed by atoms with Gasteiger partial charge in [0.1, 0.15) is 5.52 Å². The standard InChI is InChI=1S/C21H16Cl2N2O3S/c1-2-28-21(27)13(12-9-11-5-3-4-6-15(11)24-20(12)26)10-17-25-19-16(29-17)8-7-14(22)18(19)23/h3-9,13H,2,10H2,1H3,(H,24,26). The number of thiazole rings is 1. The molecule has 0 aliphatic heterocycles. The number of benzene rings is 2. The fourth-order valence-electron chi connectivity index (χ4n) is 3.23. The topological polar surface area (TPSA) is 72.0 Å².